The number of aromatic nitrogens is 1. The average molecular weight is 322 g/mol. The van der Waals surface area contributed by atoms with Gasteiger partial charge in [0.15, 0.2) is 11.9 Å². The second-order valence-electron chi connectivity index (χ2n) is 6.11. The van der Waals surface area contributed by atoms with Crippen LogP contribution in [0.1, 0.15) is 40.6 Å². The number of H-pyrrole nitrogens is 1. The van der Waals surface area contributed by atoms with Crippen LogP contribution in [-0.2, 0) is 6.42 Å². The molecular formula is C21H20ClN. The van der Waals surface area contributed by atoms with E-state index >= 15 is 0 Å². The minimum atomic E-state index is 0. The summed E-state index contributed by atoms with van der Waals surface area (Å²) >= 11 is 0. The molecule has 0 radical (unpaired) electrons. The molecule has 0 spiro atoms. The van der Waals surface area contributed by atoms with Gasteiger partial charge in [0, 0.05) is 24.0 Å². The zero-order valence-corrected chi connectivity index (χ0v) is 13.7. The van der Waals surface area contributed by atoms with Crippen LogP contribution in [-0.4, -0.2) is 0 Å². The van der Waals surface area contributed by atoms with E-state index in [2.05, 4.69) is 77.8 Å². The SMILES string of the molecule is [Cl-].c1ccc([C@H]2Cc3[nH+]cccc3[C@@H](c3ccccc3)C2)cc1. The van der Waals surface area contributed by atoms with Gasteiger partial charge in [0.05, 0.1) is 0 Å². The summed E-state index contributed by atoms with van der Waals surface area (Å²) in [6.45, 7) is 0. The van der Waals surface area contributed by atoms with Crippen LogP contribution in [0.4, 0.5) is 0 Å². The summed E-state index contributed by atoms with van der Waals surface area (Å²) in [4.78, 5) is 3.49. The van der Waals surface area contributed by atoms with Gasteiger partial charge in [-0.1, -0.05) is 60.7 Å². The molecule has 0 saturated heterocycles. The van der Waals surface area contributed by atoms with Crippen LogP contribution in [0, 0.1) is 0 Å². The van der Waals surface area contributed by atoms with E-state index in [1.165, 1.54) is 28.8 Å². The van der Waals surface area contributed by atoms with Crippen LogP contribution in [0.3, 0.4) is 0 Å². The number of pyridine rings is 1. The Morgan fingerprint density at radius 1 is 0.739 bits per heavy atom. The highest BCUT2D eigenvalue weighted by molar-refractivity contribution is 5.38. The lowest BCUT2D eigenvalue weighted by atomic mass is 9.73. The first-order valence-corrected chi connectivity index (χ1v) is 8.01. The highest BCUT2D eigenvalue weighted by atomic mass is 35.5. The maximum Gasteiger partial charge on any atom is 0.184 e. The number of hydrogen-bond donors (Lipinski definition) is 0. The molecule has 1 aliphatic carbocycles. The Hall–Kier alpha value is -2.12. The van der Waals surface area contributed by atoms with Gasteiger partial charge in [0.2, 0.25) is 0 Å². The Labute approximate surface area is 143 Å². The lowest BCUT2D eigenvalue weighted by Gasteiger charge is -2.29. The van der Waals surface area contributed by atoms with Gasteiger partial charge in [0.25, 0.3) is 0 Å². The van der Waals surface area contributed by atoms with Crippen LogP contribution < -0.4 is 17.4 Å². The fourth-order valence-corrected chi connectivity index (χ4v) is 3.71. The molecule has 1 nitrogen and oxygen atoms in total. The Balaban J connectivity index is 0.00000156. The number of benzene rings is 2. The van der Waals surface area contributed by atoms with E-state index in [0.29, 0.717) is 11.8 Å². The van der Waals surface area contributed by atoms with Crippen LogP contribution >= 0.6 is 0 Å². The molecular weight excluding hydrogens is 302 g/mol. The predicted octanol–water partition coefficient (Wildman–Crippen LogP) is 1.37. The van der Waals surface area contributed by atoms with Crippen molar-refractivity contribution >= 4 is 0 Å². The average Bonchev–Trinajstić information content (AvgIpc) is 2.62. The van der Waals surface area contributed by atoms with Gasteiger partial charge < -0.3 is 12.4 Å². The molecule has 1 aliphatic rings. The molecule has 23 heavy (non-hydrogen) atoms. The summed E-state index contributed by atoms with van der Waals surface area (Å²) in [6, 6.07) is 26.2. The number of fused-ring (bicyclic) bond motifs is 1. The summed E-state index contributed by atoms with van der Waals surface area (Å²) in [5.74, 6) is 1.06. The predicted molar refractivity (Wildman–Crippen MR) is 88.8 cm³/mol. The smallest absolute Gasteiger partial charge is 0.184 e. The molecule has 0 unspecified atom stereocenters. The van der Waals surface area contributed by atoms with Gasteiger partial charge in [-0.2, -0.15) is 0 Å². The van der Waals surface area contributed by atoms with Gasteiger partial charge in [0.1, 0.15) is 0 Å². The van der Waals surface area contributed by atoms with Crippen LogP contribution in [0.5, 0.6) is 0 Å². The third-order valence-electron chi connectivity index (χ3n) is 4.80. The Bertz CT molecular complexity index is 755. The number of halogens is 1. The molecule has 0 fully saturated rings. The van der Waals surface area contributed by atoms with Crippen molar-refractivity contribution < 1.29 is 17.4 Å². The zero-order valence-electron chi connectivity index (χ0n) is 13.0. The van der Waals surface area contributed by atoms with E-state index in [0.717, 1.165) is 6.42 Å². The second-order valence-corrected chi connectivity index (χ2v) is 6.11. The van der Waals surface area contributed by atoms with Crippen molar-refractivity contribution in [2.45, 2.75) is 24.7 Å². The molecule has 0 bridgehead atoms. The number of aromatic amines is 1. The number of rotatable bonds is 2. The lowest BCUT2D eigenvalue weighted by molar-refractivity contribution is -0.392. The molecule has 0 amide bonds. The molecule has 0 aliphatic heterocycles. The maximum absolute atomic E-state index is 3.49. The van der Waals surface area contributed by atoms with Crippen molar-refractivity contribution in [1.82, 2.24) is 0 Å². The van der Waals surface area contributed by atoms with Gasteiger partial charge in [-0.25, -0.2) is 4.98 Å². The minimum Gasteiger partial charge on any atom is -1.00 e. The zero-order chi connectivity index (χ0) is 14.8. The van der Waals surface area contributed by atoms with Crippen molar-refractivity contribution in [1.29, 1.82) is 0 Å². The summed E-state index contributed by atoms with van der Waals surface area (Å²) < 4.78 is 0. The molecule has 1 aromatic heterocycles. The van der Waals surface area contributed by atoms with E-state index in [4.69, 9.17) is 0 Å². The molecule has 3 aromatic rings. The van der Waals surface area contributed by atoms with Gasteiger partial charge in [-0.05, 0) is 29.5 Å². The summed E-state index contributed by atoms with van der Waals surface area (Å²) in [5.41, 5.74) is 5.72. The third-order valence-corrected chi connectivity index (χ3v) is 4.80. The van der Waals surface area contributed by atoms with Crippen LogP contribution in [0.25, 0.3) is 0 Å². The van der Waals surface area contributed by atoms with E-state index in [9.17, 15) is 0 Å². The summed E-state index contributed by atoms with van der Waals surface area (Å²) in [5, 5.41) is 0. The highest BCUT2D eigenvalue weighted by Gasteiger charge is 2.32. The third kappa shape index (κ3) is 3.16. The van der Waals surface area contributed by atoms with E-state index in [-0.39, 0.29) is 12.4 Å². The van der Waals surface area contributed by atoms with Gasteiger partial charge >= 0.3 is 0 Å². The van der Waals surface area contributed by atoms with Crippen molar-refractivity contribution in [2.75, 3.05) is 0 Å². The first-order chi connectivity index (χ1) is 10.9. The Morgan fingerprint density at radius 3 is 2.09 bits per heavy atom. The maximum atomic E-state index is 3.49. The minimum absolute atomic E-state index is 0. The molecule has 1 N–H and O–H groups in total. The van der Waals surface area contributed by atoms with Crippen molar-refractivity contribution in [2.24, 2.45) is 0 Å². The second kappa shape index (κ2) is 6.97. The Morgan fingerprint density at radius 2 is 1.39 bits per heavy atom. The fourth-order valence-electron chi connectivity index (χ4n) is 3.71. The molecule has 0 saturated carbocycles. The monoisotopic (exact) mass is 321 g/mol. The number of hydrogen-bond acceptors (Lipinski definition) is 0. The standard InChI is InChI=1S/C21H19N.ClH/c1-3-8-16(9-4-1)18-14-20(17-10-5-2-6-11-17)19-12-7-13-22-21(19)15-18;/h1-13,18,20H,14-15H2;1H/t18-,20-;/m1./s1. The van der Waals surface area contributed by atoms with E-state index < -0.39 is 0 Å². The quantitative estimate of drug-likeness (QED) is 0.677. The molecule has 2 atom stereocenters. The number of nitrogens with one attached hydrogen (secondary N) is 1. The Kier molecular flexibility index (Phi) is 4.78. The van der Waals surface area contributed by atoms with Crippen LogP contribution in [0.15, 0.2) is 79.0 Å². The van der Waals surface area contributed by atoms with Crippen molar-refractivity contribution in [3.8, 4) is 0 Å². The van der Waals surface area contributed by atoms with Crippen molar-refractivity contribution in [3.63, 3.8) is 0 Å². The summed E-state index contributed by atoms with van der Waals surface area (Å²) in [6.07, 6.45) is 4.33. The van der Waals surface area contributed by atoms with E-state index in [1.54, 1.807) is 0 Å². The van der Waals surface area contributed by atoms with Crippen LogP contribution in [0.2, 0.25) is 0 Å². The first-order valence-electron chi connectivity index (χ1n) is 8.01. The van der Waals surface area contributed by atoms with Crippen molar-refractivity contribution in [3.05, 3.63) is 101 Å². The molecule has 2 heteroatoms. The molecule has 116 valence electrons. The largest absolute Gasteiger partial charge is 1.00 e. The first kappa shape index (κ1) is 15.8. The topological polar surface area (TPSA) is 14.1 Å². The molecule has 2 aromatic carbocycles. The fraction of sp³-hybridized carbons (Fsp3) is 0.190. The molecule has 1 heterocycles. The molecule has 4 rings (SSSR count). The van der Waals surface area contributed by atoms with E-state index in [1.807, 2.05) is 6.20 Å². The lowest BCUT2D eigenvalue weighted by Crippen LogP contribution is -3.00. The van der Waals surface area contributed by atoms with Gasteiger partial charge in [-0.15, -0.1) is 0 Å². The normalized spacial score (nSPS) is 19.5. The highest BCUT2D eigenvalue weighted by Crippen LogP contribution is 2.41. The summed E-state index contributed by atoms with van der Waals surface area (Å²) in [7, 11) is 0. The van der Waals surface area contributed by atoms with Gasteiger partial charge in [-0.3, -0.25) is 0 Å².